The topological polar surface area (TPSA) is 32.7 Å². The van der Waals surface area contributed by atoms with E-state index in [0.717, 1.165) is 57.9 Å². The molecule has 0 aromatic heterocycles. The van der Waals surface area contributed by atoms with Gasteiger partial charge in [0.05, 0.1) is 0 Å². The summed E-state index contributed by atoms with van der Waals surface area (Å²) in [6.07, 6.45) is 10.5. The molecule has 0 saturated carbocycles. The number of hydrogen-bond donors (Lipinski definition) is 1. The van der Waals surface area contributed by atoms with E-state index < -0.39 is 0 Å². The molecule has 3 nitrogen and oxygen atoms in total. The Morgan fingerprint density at radius 1 is 0.614 bits per heavy atom. The molecule has 0 fully saturated rings. The molecule has 0 heterocycles. The highest BCUT2D eigenvalue weighted by Crippen LogP contribution is 2.35. The van der Waals surface area contributed by atoms with Gasteiger partial charge in [0.1, 0.15) is 17.1 Å². The molecular formula is C41H41NO2. The van der Waals surface area contributed by atoms with Crippen LogP contribution in [0.15, 0.2) is 121 Å². The maximum atomic E-state index is 9.75. The minimum absolute atomic E-state index is 0.180. The minimum Gasteiger partial charge on any atom is -0.508 e. The van der Waals surface area contributed by atoms with E-state index in [2.05, 4.69) is 136 Å². The van der Waals surface area contributed by atoms with Gasteiger partial charge in [0, 0.05) is 17.1 Å². The predicted octanol–water partition coefficient (Wildman–Crippen LogP) is 11.5. The molecule has 0 unspecified atom stereocenters. The normalized spacial score (nSPS) is 11.7. The summed E-state index contributed by atoms with van der Waals surface area (Å²) >= 11 is 0. The molecule has 3 heteroatoms. The van der Waals surface area contributed by atoms with Crippen LogP contribution in [0, 0.1) is 6.92 Å². The quantitative estimate of drug-likeness (QED) is 0.158. The Morgan fingerprint density at radius 2 is 1.09 bits per heavy atom. The van der Waals surface area contributed by atoms with Gasteiger partial charge < -0.3 is 14.7 Å². The lowest BCUT2D eigenvalue weighted by Gasteiger charge is -2.26. The molecule has 1 N–H and O–H groups in total. The van der Waals surface area contributed by atoms with Crippen LogP contribution in [0.25, 0.3) is 24.3 Å². The molecule has 5 aromatic carbocycles. The minimum atomic E-state index is -0.180. The summed E-state index contributed by atoms with van der Waals surface area (Å²) in [4.78, 5) is 2.27. The van der Waals surface area contributed by atoms with Gasteiger partial charge in [0.25, 0.3) is 0 Å². The summed E-state index contributed by atoms with van der Waals surface area (Å²) < 4.78 is 6.26. The van der Waals surface area contributed by atoms with Gasteiger partial charge in [-0.2, -0.15) is 0 Å². The van der Waals surface area contributed by atoms with E-state index in [1.165, 1.54) is 5.56 Å². The van der Waals surface area contributed by atoms with E-state index in [0.29, 0.717) is 0 Å². The lowest BCUT2D eigenvalue weighted by atomic mass is 10.0. The van der Waals surface area contributed by atoms with Crippen molar-refractivity contribution >= 4 is 41.4 Å². The van der Waals surface area contributed by atoms with Gasteiger partial charge in [0.15, 0.2) is 0 Å². The number of phenolic OH excluding ortho intramolecular Hbond substituents is 1. The smallest absolute Gasteiger partial charge is 0.120 e. The predicted molar refractivity (Wildman–Crippen MR) is 188 cm³/mol. The molecule has 0 amide bonds. The van der Waals surface area contributed by atoms with Gasteiger partial charge in [-0.3, -0.25) is 0 Å². The Labute approximate surface area is 262 Å². The molecule has 0 aliphatic carbocycles. The lowest BCUT2D eigenvalue weighted by Crippen LogP contribution is -2.27. The molecule has 5 rings (SSSR count). The Hall–Kier alpha value is -5.02. The van der Waals surface area contributed by atoms with Crippen molar-refractivity contribution in [1.82, 2.24) is 0 Å². The first-order chi connectivity index (χ1) is 21.3. The number of benzene rings is 5. The second-order valence-electron chi connectivity index (χ2n) is 11.8. The molecule has 0 spiro atoms. The maximum absolute atomic E-state index is 9.75. The number of aromatic hydroxyl groups is 1. The van der Waals surface area contributed by atoms with E-state index in [9.17, 15) is 5.11 Å². The maximum Gasteiger partial charge on any atom is 0.120 e. The van der Waals surface area contributed by atoms with Gasteiger partial charge in [-0.15, -0.1) is 0 Å². The zero-order valence-corrected chi connectivity index (χ0v) is 26.1. The van der Waals surface area contributed by atoms with Gasteiger partial charge in [-0.1, -0.05) is 104 Å². The van der Waals surface area contributed by atoms with Crippen LogP contribution in [0.3, 0.4) is 0 Å². The highest BCUT2D eigenvalue weighted by atomic mass is 16.5. The van der Waals surface area contributed by atoms with Crippen LogP contribution < -0.4 is 9.64 Å². The third kappa shape index (κ3) is 8.29. The molecule has 222 valence electrons. The molecule has 44 heavy (non-hydrogen) atoms. The first-order valence-electron chi connectivity index (χ1n) is 15.3. The Balaban J connectivity index is 1.36. The first kappa shape index (κ1) is 30.4. The van der Waals surface area contributed by atoms with Crippen molar-refractivity contribution in [1.29, 1.82) is 0 Å². The highest BCUT2D eigenvalue weighted by molar-refractivity contribution is 5.79. The molecule has 5 aromatic rings. The number of nitrogens with zero attached hydrogens (tertiary/aromatic N) is 1. The van der Waals surface area contributed by atoms with Gasteiger partial charge in [-0.25, -0.2) is 0 Å². The number of phenols is 1. The number of ether oxygens (including phenoxy) is 1. The first-order valence-corrected chi connectivity index (χ1v) is 15.3. The molecule has 0 bridgehead atoms. The fourth-order valence-electron chi connectivity index (χ4n) is 5.28. The zero-order chi connectivity index (χ0) is 30.9. The summed E-state index contributed by atoms with van der Waals surface area (Å²) in [6.45, 7) is 8.58. The number of anilines is 3. The SMILES string of the molecule is CCCC(C)(C)Oc1cccc(C=Cc2ccc(N(c3ccc(C)cc3)c3ccc(C=Cc4cccc(O)c4)cc3)cc2)c1. The fourth-order valence-corrected chi connectivity index (χ4v) is 5.28. The van der Waals surface area contributed by atoms with Crippen LogP contribution in [-0.4, -0.2) is 10.7 Å². The average Bonchev–Trinajstić information content (AvgIpc) is 3.01. The van der Waals surface area contributed by atoms with E-state index in [4.69, 9.17) is 4.74 Å². The van der Waals surface area contributed by atoms with Crippen LogP contribution in [0.2, 0.25) is 0 Å². The van der Waals surface area contributed by atoms with Crippen molar-refractivity contribution in [2.24, 2.45) is 0 Å². The zero-order valence-electron chi connectivity index (χ0n) is 26.1. The average molecular weight is 580 g/mol. The van der Waals surface area contributed by atoms with Crippen molar-refractivity contribution in [2.75, 3.05) is 4.90 Å². The van der Waals surface area contributed by atoms with Crippen molar-refractivity contribution in [2.45, 2.75) is 46.1 Å². The lowest BCUT2D eigenvalue weighted by molar-refractivity contribution is 0.0986. The van der Waals surface area contributed by atoms with Crippen molar-refractivity contribution in [3.05, 3.63) is 149 Å². The second-order valence-corrected chi connectivity index (χ2v) is 11.8. The van der Waals surface area contributed by atoms with E-state index >= 15 is 0 Å². The molecule has 0 atom stereocenters. The Morgan fingerprint density at radius 3 is 1.61 bits per heavy atom. The van der Waals surface area contributed by atoms with Gasteiger partial charge >= 0.3 is 0 Å². The summed E-state index contributed by atoms with van der Waals surface area (Å²) in [6, 6.07) is 41.3. The molecule has 0 saturated heterocycles. The summed E-state index contributed by atoms with van der Waals surface area (Å²) in [5, 5.41) is 9.75. The Bertz CT molecular complexity index is 1710. The van der Waals surface area contributed by atoms with Crippen LogP contribution in [0.1, 0.15) is 61.4 Å². The van der Waals surface area contributed by atoms with Crippen molar-refractivity contribution in [3.8, 4) is 11.5 Å². The van der Waals surface area contributed by atoms with E-state index in [1.807, 2.05) is 30.3 Å². The number of hydrogen-bond acceptors (Lipinski definition) is 3. The largest absolute Gasteiger partial charge is 0.508 e. The van der Waals surface area contributed by atoms with Crippen LogP contribution in [-0.2, 0) is 0 Å². The van der Waals surface area contributed by atoms with Crippen molar-refractivity contribution < 1.29 is 9.84 Å². The van der Waals surface area contributed by atoms with Crippen molar-refractivity contribution in [3.63, 3.8) is 0 Å². The number of rotatable bonds is 11. The van der Waals surface area contributed by atoms with Crippen LogP contribution >= 0.6 is 0 Å². The monoisotopic (exact) mass is 579 g/mol. The molecule has 0 aliphatic rings. The summed E-state index contributed by atoms with van der Waals surface area (Å²) in [5.74, 6) is 1.17. The fraction of sp³-hybridized carbons (Fsp3) is 0.171. The van der Waals surface area contributed by atoms with E-state index in [-0.39, 0.29) is 11.4 Å². The Kier molecular flexibility index (Phi) is 9.66. The standard InChI is InChI=1S/C41H41NO2/c1-5-28-41(3,4)44-40-11-7-9-35(30-40)17-15-33-20-26-38(27-21-33)42(36-22-12-31(2)13-23-36)37-24-18-32(19-25-37)14-16-34-8-6-10-39(43)29-34/h6-27,29-30,43H,5,28H2,1-4H3. The summed E-state index contributed by atoms with van der Waals surface area (Å²) in [7, 11) is 0. The second kappa shape index (κ2) is 14.0. The highest BCUT2D eigenvalue weighted by Gasteiger charge is 2.18. The third-order valence-corrected chi connectivity index (χ3v) is 7.51. The van der Waals surface area contributed by atoms with Gasteiger partial charge in [0.2, 0.25) is 0 Å². The molecular weight excluding hydrogens is 538 g/mol. The molecule has 0 aliphatic heterocycles. The van der Waals surface area contributed by atoms with E-state index in [1.54, 1.807) is 12.1 Å². The summed E-state index contributed by atoms with van der Waals surface area (Å²) in [5.41, 5.74) is 8.60. The van der Waals surface area contributed by atoms with Crippen LogP contribution in [0.4, 0.5) is 17.1 Å². The third-order valence-electron chi connectivity index (χ3n) is 7.51. The van der Waals surface area contributed by atoms with Crippen LogP contribution in [0.5, 0.6) is 11.5 Å². The molecule has 0 radical (unpaired) electrons. The van der Waals surface area contributed by atoms with Gasteiger partial charge in [-0.05, 0) is 110 Å². The number of aryl methyl sites for hydroxylation is 1.